The first-order valence-electron chi connectivity index (χ1n) is 9.80. The van der Waals surface area contributed by atoms with Crippen molar-refractivity contribution in [2.45, 2.75) is 46.6 Å². The Kier molecular flexibility index (Phi) is 5.41. The molecule has 1 aliphatic rings. The van der Waals surface area contributed by atoms with E-state index in [9.17, 15) is 9.59 Å². The number of aromatic amines is 1. The molecule has 3 aromatic rings. The predicted molar refractivity (Wildman–Crippen MR) is 113 cm³/mol. The molecule has 0 amide bonds. The molecule has 0 bridgehead atoms. The molecule has 152 valence electrons. The number of ether oxygens (including phenoxy) is 2. The maximum atomic E-state index is 12.6. The Labute approximate surface area is 172 Å². The number of H-pyrrole nitrogens is 1. The minimum absolute atomic E-state index is 0.0842. The number of hydrogen-bond donors (Lipinski definition) is 1. The van der Waals surface area contributed by atoms with Crippen LogP contribution in [0.2, 0.25) is 0 Å². The summed E-state index contributed by atoms with van der Waals surface area (Å²) < 4.78 is 10.9. The average molecular weight is 413 g/mol. The van der Waals surface area contributed by atoms with Crippen molar-refractivity contribution in [3.05, 3.63) is 55.9 Å². The Hall–Kier alpha value is -2.67. The Morgan fingerprint density at radius 3 is 2.83 bits per heavy atom. The summed E-state index contributed by atoms with van der Waals surface area (Å²) in [4.78, 5) is 34.0. The molecule has 0 saturated carbocycles. The Balaban J connectivity index is 1.43. The molecule has 1 atom stereocenters. The normalized spacial score (nSPS) is 15.9. The monoisotopic (exact) mass is 412 g/mol. The van der Waals surface area contributed by atoms with Crippen LogP contribution in [-0.2, 0) is 29.0 Å². The SMILES string of the molecule is Cc1cccc(C)c1OCC(=O)OCc1nc2sc3c(c2c(=O)[nH]1)CC[C@@H](C)C3. The van der Waals surface area contributed by atoms with Crippen LogP contribution in [0.3, 0.4) is 0 Å². The number of fused-ring (bicyclic) bond motifs is 3. The van der Waals surface area contributed by atoms with Crippen LogP contribution < -0.4 is 10.3 Å². The van der Waals surface area contributed by atoms with Gasteiger partial charge in [0.2, 0.25) is 0 Å². The predicted octanol–water partition coefficient (Wildman–Crippen LogP) is 3.85. The lowest BCUT2D eigenvalue weighted by Crippen LogP contribution is -2.18. The number of carbonyl (C=O) groups excluding carboxylic acids is 1. The first kappa shape index (κ1) is 19.6. The summed E-state index contributed by atoms with van der Waals surface area (Å²) >= 11 is 1.58. The Morgan fingerprint density at radius 1 is 1.31 bits per heavy atom. The second kappa shape index (κ2) is 7.99. The van der Waals surface area contributed by atoms with Crippen molar-refractivity contribution < 1.29 is 14.3 Å². The summed E-state index contributed by atoms with van der Waals surface area (Å²) in [5.41, 5.74) is 2.91. The van der Waals surface area contributed by atoms with Gasteiger partial charge in [-0.15, -0.1) is 11.3 Å². The van der Waals surface area contributed by atoms with Gasteiger partial charge in [-0.3, -0.25) is 4.79 Å². The van der Waals surface area contributed by atoms with Crippen LogP contribution in [0.5, 0.6) is 5.75 Å². The smallest absolute Gasteiger partial charge is 0.344 e. The highest BCUT2D eigenvalue weighted by atomic mass is 32.1. The molecule has 29 heavy (non-hydrogen) atoms. The van der Waals surface area contributed by atoms with Crippen LogP contribution in [0.4, 0.5) is 0 Å². The Bertz CT molecular complexity index is 1110. The van der Waals surface area contributed by atoms with E-state index in [4.69, 9.17) is 9.47 Å². The number of aromatic nitrogens is 2. The highest BCUT2D eigenvalue weighted by Crippen LogP contribution is 2.35. The number of thiophene rings is 1. The van der Waals surface area contributed by atoms with Crippen molar-refractivity contribution >= 4 is 27.5 Å². The second-order valence-corrected chi connectivity index (χ2v) is 8.80. The number of nitrogens with one attached hydrogen (secondary N) is 1. The molecular formula is C22H24N2O4S. The zero-order chi connectivity index (χ0) is 20.5. The molecule has 2 heterocycles. The van der Waals surface area contributed by atoms with E-state index in [1.54, 1.807) is 11.3 Å². The van der Waals surface area contributed by atoms with Gasteiger partial charge in [0, 0.05) is 4.88 Å². The second-order valence-electron chi connectivity index (χ2n) is 7.71. The van der Waals surface area contributed by atoms with Gasteiger partial charge in [0.15, 0.2) is 6.61 Å². The summed E-state index contributed by atoms with van der Waals surface area (Å²) in [5.74, 6) is 1.17. The zero-order valence-electron chi connectivity index (χ0n) is 16.8. The van der Waals surface area contributed by atoms with Gasteiger partial charge in [-0.2, -0.15) is 0 Å². The Morgan fingerprint density at radius 2 is 2.07 bits per heavy atom. The lowest BCUT2D eigenvalue weighted by Gasteiger charge is -2.17. The summed E-state index contributed by atoms with van der Waals surface area (Å²) in [5, 5.41) is 0.699. The van der Waals surface area contributed by atoms with Crippen molar-refractivity contribution in [2.24, 2.45) is 5.92 Å². The quantitative estimate of drug-likeness (QED) is 0.644. The van der Waals surface area contributed by atoms with Crippen LogP contribution >= 0.6 is 11.3 Å². The highest BCUT2D eigenvalue weighted by Gasteiger charge is 2.23. The third kappa shape index (κ3) is 4.05. The molecule has 1 aromatic carbocycles. The van der Waals surface area contributed by atoms with E-state index in [1.807, 2.05) is 32.0 Å². The maximum absolute atomic E-state index is 12.6. The van der Waals surface area contributed by atoms with Gasteiger partial charge in [0.05, 0.1) is 5.39 Å². The van der Waals surface area contributed by atoms with Gasteiger partial charge in [-0.05, 0) is 55.7 Å². The number of aryl methyl sites for hydroxylation is 3. The van der Waals surface area contributed by atoms with Crippen molar-refractivity contribution in [1.29, 1.82) is 0 Å². The number of esters is 1. The fourth-order valence-corrected chi connectivity index (χ4v) is 5.21. The molecule has 7 heteroatoms. The summed E-state index contributed by atoms with van der Waals surface area (Å²) in [6.07, 6.45) is 3.01. The first-order valence-corrected chi connectivity index (χ1v) is 10.6. The fourth-order valence-electron chi connectivity index (χ4n) is 3.81. The van der Waals surface area contributed by atoms with Crippen molar-refractivity contribution in [3.8, 4) is 5.75 Å². The minimum atomic E-state index is -0.505. The van der Waals surface area contributed by atoms with Crippen LogP contribution in [-0.4, -0.2) is 22.5 Å². The number of carbonyl (C=O) groups is 1. The molecule has 6 nitrogen and oxygen atoms in total. The molecule has 0 unspecified atom stereocenters. The van der Waals surface area contributed by atoms with E-state index in [0.717, 1.165) is 40.8 Å². The largest absolute Gasteiger partial charge is 0.481 e. The summed E-state index contributed by atoms with van der Waals surface area (Å²) in [7, 11) is 0. The maximum Gasteiger partial charge on any atom is 0.344 e. The average Bonchev–Trinajstić information content (AvgIpc) is 3.03. The van der Waals surface area contributed by atoms with E-state index >= 15 is 0 Å². The molecular weight excluding hydrogens is 388 g/mol. The first-order chi connectivity index (χ1) is 13.9. The number of benzene rings is 1. The molecule has 1 N–H and O–H groups in total. The molecule has 0 aliphatic heterocycles. The van der Waals surface area contributed by atoms with E-state index in [0.29, 0.717) is 22.9 Å². The van der Waals surface area contributed by atoms with E-state index in [1.165, 1.54) is 4.88 Å². The lowest BCUT2D eigenvalue weighted by atomic mass is 9.89. The van der Waals surface area contributed by atoms with Crippen molar-refractivity contribution in [1.82, 2.24) is 9.97 Å². The van der Waals surface area contributed by atoms with Crippen LogP contribution in [0.15, 0.2) is 23.0 Å². The number of para-hydroxylation sites is 1. The minimum Gasteiger partial charge on any atom is -0.481 e. The van der Waals surface area contributed by atoms with E-state index in [2.05, 4.69) is 16.9 Å². The number of hydrogen-bond acceptors (Lipinski definition) is 6. The molecule has 2 aromatic heterocycles. The summed E-state index contributed by atoms with van der Waals surface area (Å²) in [6, 6.07) is 5.80. The highest BCUT2D eigenvalue weighted by molar-refractivity contribution is 7.18. The van der Waals surface area contributed by atoms with Gasteiger partial charge in [0.1, 0.15) is 23.0 Å². The van der Waals surface area contributed by atoms with Crippen LogP contribution in [0, 0.1) is 19.8 Å². The van der Waals surface area contributed by atoms with Gasteiger partial charge in [-0.1, -0.05) is 25.1 Å². The molecule has 0 fully saturated rings. The molecule has 0 radical (unpaired) electrons. The molecule has 0 spiro atoms. The molecule has 4 rings (SSSR count). The standard InChI is InChI=1S/C22H24N2O4S/c1-12-7-8-15-16(9-12)29-22-19(15)21(26)23-17(24-22)10-27-18(25)11-28-20-13(2)5-4-6-14(20)3/h4-6,12H,7-11H2,1-3H3,(H,23,24,26)/t12-/m1/s1. The topological polar surface area (TPSA) is 81.3 Å². The zero-order valence-corrected chi connectivity index (χ0v) is 17.6. The van der Waals surface area contributed by atoms with Gasteiger partial charge in [-0.25, -0.2) is 9.78 Å². The van der Waals surface area contributed by atoms with Gasteiger partial charge in [0.25, 0.3) is 5.56 Å². The van der Waals surface area contributed by atoms with Gasteiger partial charge >= 0.3 is 5.97 Å². The molecule has 1 aliphatic carbocycles. The van der Waals surface area contributed by atoms with Crippen molar-refractivity contribution in [2.75, 3.05) is 6.61 Å². The number of nitrogens with zero attached hydrogens (tertiary/aromatic N) is 1. The third-order valence-corrected chi connectivity index (χ3v) is 6.48. The van der Waals surface area contributed by atoms with E-state index in [-0.39, 0.29) is 18.8 Å². The van der Waals surface area contributed by atoms with Crippen LogP contribution in [0.1, 0.15) is 40.7 Å². The lowest BCUT2D eigenvalue weighted by molar-refractivity contribution is -0.147. The van der Waals surface area contributed by atoms with Crippen molar-refractivity contribution in [3.63, 3.8) is 0 Å². The fraction of sp³-hybridized carbons (Fsp3) is 0.409. The third-order valence-electron chi connectivity index (χ3n) is 5.33. The van der Waals surface area contributed by atoms with Gasteiger partial charge < -0.3 is 14.5 Å². The number of rotatable bonds is 5. The molecule has 0 saturated heterocycles. The van der Waals surface area contributed by atoms with E-state index < -0.39 is 5.97 Å². The summed E-state index contributed by atoms with van der Waals surface area (Å²) in [6.45, 7) is 5.82. The van der Waals surface area contributed by atoms with Crippen LogP contribution in [0.25, 0.3) is 10.2 Å².